The fraction of sp³-hybridized carbons (Fsp3) is 0.625. The molecular formula is C16H17NO6. The van der Waals surface area contributed by atoms with Crippen molar-refractivity contribution < 1.29 is 28.6 Å². The van der Waals surface area contributed by atoms with Crippen LogP contribution in [-0.4, -0.2) is 36.7 Å². The molecule has 7 nitrogen and oxygen atoms in total. The van der Waals surface area contributed by atoms with E-state index >= 15 is 0 Å². The summed E-state index contributed by atoms with van der Waals surface area (Å²) in [6.07, 6.45) is -0.829. The Bertz CT molecular complexity index is 649. The Morgan fingerprint density at radius 1 is 1.52 bits per heavy atom. The van der Waals surface area contributed by atoms with Crippen LogP contribution in [0.5, 0.6) is 0 Å². The highest BCUT2D eigenvalue weighted by molar-refractivity contribution is 5.88. The van der Waals surface area contributed by atoms with Gasteiger partial charge in [-0.15, -0.1) is 0 Å². The van der Waals surface area contributed by atoms with Crippen LogP contribution in [0.2, 0.25) is 0 Å². The summed E-state index contributed by atoms with van der Waals surface area (Å²) in [5, 5.41) is 9.39. The number of fused-ring (bicyclic) bond motifs is 1. The topological polar surface area (TPSA) is 103 Å². The van der Waals surface area contributed by atoms with Crippen molar-refractivity contribution in [2.45, 2.75) is 32.5 Å². The molecule has 1 aliphatic heterocycles. The quantitative estimate of drug-likeness (QED) is 0.427. The summed E-state index contributed by atoms with van der Waals surface area (Å²) in [6.45, 7) is 6.32. The van der Waals surface area contributed by atoms with Gasteiger partial charge in [-0.1, -0.05) is 13.5 Å². The first-order chi connectivity index (χ1) is 10.8. The maximum absolute atomic E-state index is 12.0. The van der Waals surface area contributed by atoms with E-state index in [0.29, 0.717) is 6.42 Å². The molecule has 0 aromatic heterocycles. The Morgan fingerprint density at radius 3 is 2.83 bits per heavy atom. The molecule has 0 N–H and O–H groups in total. The van der Waals surface area contributed by atoms with Crippen LogP contribution < -0.4 is 0 Å². The zero-order chi connectivity index (χ0) is 16.9. The van der Waals surface area contributed by atoms with E-state index in [-0.39, 0.29) is 23.3 Å². The third-order valence-electron chi connectivity index (χ3n) is 5.21. The molecule has 2 saturated carbocycles. The van der Waals surface area contributed by atoms with Crippen molar-refractivity contribution >= 4 is 17.9 Å². The minimum absolute atomic E-state index is 0.0573. The van der Waals surface area contributed by atoms with Crippen LogP contribution in [0.15, 0.2) is 12.2 Å². The molecule has 0 aromatic rings. The maximum Gasteiger partial charge on any atom is 0.344 e. The van der Waals surface area contributed by atoms with E-state index in [1.807, 2.05) is 6.92 Å². The standard InChI is InChI=1S/C16H17NO6/c1-7(2)14(19)21-5-10(18)22-12-9-4-16(6-17)11(8(9)3)13(12)23-15(16)20/h8-9,11-13H,1,4-5H2,2-3H3/t8-,9?,11?,12?,13?,16?/m0/s1. The molecule has 0 radical (unpaired) electrons. The van der Waals surface area contributed by atoms with Crippen molar-refractivity contribution in [3.05, 3.63) is 12.2 Å². The summed E-state index contributed by atoms with van der Waals surface area (Å²) < 4.78 is 15.5. The first kappa shape index (κ1) is 15.5. The van der Waals surface area contributed by atoms with Gasteiger partial charge in [0.05, 0.1) is 6.07 Å². The molecule has 5 unspecified atom stereocenters. The summed E-state index contributed by atoms with van der Waals surface area (Å²) >= 11 is 0. The minimum Gasteiger partial charge on any atom is -0.457 e. The molecule has 122 valence electrons. The number of hydrogen-bond donors (Lipinski definition) is 0. The monoisotopic (exact) mass is 319 g/mol. The number of carbonyl (C=O) groups excluding carboxylic acids is 3. The minimum atomic E-state index is -1.09. The highest BCUT2D eigenvalue weighted by Crippen LogP contribution is 2.64. The molecule has 23 heavy (non-hydrogen) atoms. The molecule has 0 amide bonds. The van der Waals surface area contributed by atoms with Crippen molar-refractivity contribution in [3.8, 4) is 6.07 Å². The van der Waals surface area contributed by atoms with Crippen LogP contribution >= 0.6 is 0 Å². The van der Waals surface area contributed by atoms with Crippen molar-refractivity contribution in [2.24, 2.45) is 23.2 Å². The molecule has 6 atom stereocenters. The van der Waals surface area contributed by atoms with Crippen LogP contribution in [-0.2, 0) is 28.6 Å². The van der Waals surface area contributed by atoms with Gasteiger partial charge in [-0.25, -0.2) is 9.59 Å². The van der Waals surface area contributed by atoms with Gasteiger partial charge in [0.1, 0.15) is 12.2 Å². The van der Waals surface area contributed by atoms with Gasteiger partial charge in [0.2, 0.25) is 0 Å². The van der Waals surface area contributed by atoms with Gasteiger partial charge in [0.25, 0.3) is 0 Å². The first-order valence-corrected chi connectivity index (χ1v) is 7.46. The largest absolute Gasteiger partial charge is 0.457 e. The van der Waals surface area contributed by atoms with Crippen LogP contribution in [0.4, 0.5) is 0 Å². The Balaban J connectivity index is 1.67. The number of ether oxygens (including phenoxy) is 3. The van der Waals surface area contributed by atoms with Gasteiger partial charge < -0.3 is 14.2 Å². The van der Waals surface area contributed by atoms with Crippen LogP contribution in [0.3, 0.4) is 0 Å². The highest BCUT2D eigenvalue weighted by Gasteiger charge is 2.75. The smallest absolute Gasteiger partial charge is 0.344 e. The Labute approximate surface area is 133 Å². The molecule has 1 heterocycles. The molecule has 7 heteroatoms. The second kappa shape index (κ2) is 5.08. The van der Waals surface area contributed by atoms with E-state index in [0.717, 1.165) is 0 Å². The second-order valence-corrected chi connectivity index (χ2v) is 6.52. The number of esters is 3. The van der Waals surface area contributed by atoms with Crippen LogP contribution in [0, 0.1) is 34.5 Å². The average Bonchev–Trinajstić information content (AvgIpc) is 3.02. The molecule has 0 aromatic carbocycles. The fourth-order valence-corrected chi connectivity index (χ4v) is 4.19. The van der Waals surface area contributed by atoms with E-state index in [4.69, 9.17) is 14.2 Å². The molecule has 2 aliphatic carbocycles. The van der Waals surface area contributed by atoms with Gasteiger partial charge in [-0.2, -0.15) is 5.26 Å². The van der Waals surface area contributed by atoms with Crippen molar-refractivity contribution in [3.63, 3.8) is 0 Å². The summed E-state index contributed by atoms with van der Waals surface area (Å²) in [5.74, 6) is -2.18. The van der Waals surface area contributed by atoms with Crippen molar-refractivity contribution in [1.29, 1.82) is 5.26 Å². The maximum atomic E-state index is 12.0. The van der Waals surface area contributed by atoms with Crippen LogP contribution in [0.1, 0.15) is 20.3 Å². The lowest BCUT2D eigenvalue weighted by molar-refractivity contribution is -0.168. The highest BCUT2D eigenvalue weighted by atomic mass is 16.6. The summed E-state index contributed by atoms with van der Waals surface area (Å²) in [6, 6.07) is 2.11. The average molecular weight is 319 g/mol. The van der Waals surface area contributed by atoms with E-state index in [9.17, 15) is 19.6 Å². The molecule has 3 rings (SSSR count). The van der Waals surface area contributed by atoms with Gasteiger partial charge in [-0.3, -0.25) is 4.79 Å². The Morgan fingerprint density at radius 2 is 2.22 bits per heavy atom. The number of hydrogen-bond acceptors (Lipinski definition) is 7. The van der Waals surface area contributed by atoms with Crippen LogP contribution in [0.25, 0.3) is 0 Å². The zero-order valence-corrected chi connectivity index (χ0v) is 12.9. The molecule has 3 fully saturated rings. The SMILES string of the molecule is C=C(C)C(=O)OCC(=O)OC1C2OC(=O)C3(C#N)CC1[C@H](C)C23. The number of nitrogens with zero attached hydrogens (tertiary/aromatic N) is 1. The molecular weight excluding hydrogens is 302 g/mol. The lowest BCUT2D eigenvalue weighted by Gasteiger charge is -2.27. The predicted octanol–water partition coefficient (Wildman–Crippen LogP) is 0.739. The third-order valence-corrected chi connectivity index (χ3v) is 5.21. The second-order valence-electron chi connectivity index (χ2n) is 6.52. The fourth-order valence-electron chi connectivity index (χ4n) is 4.19. The number of nitriles is 1. The molecule has 2 bridgehead atoms. The van der Waals surface area contributed by atoms with E-state index in [1.165, 1.54) is 6.92 Å². The van der Waals surface area contributed by atoms with Gasteiger partial charge >= 0.3 is 17.9 Å². The van der Waals surface area contributed by atoms with E-state index in [2.05, 4.69) is 12.6 Å². The Kier molecular flexibility index (Phi) is 3.43. The zero-order valence-electron chi connectivity index (χ0n) is 12.9. The molecule has 1 saturated heterocycles. The summed E-state index contributed by atoms with van der Waals surface area (Å²) in [5.41, 5.74) is -0.903. The van der Waals surface area contributed by atoms with Crippen molar-refractivity contribution in [2.75, 3.05) is 6.61 Å². The summed E-state index contributed by atoms with van der Waals surface area (Å²) in [7, 11) is 0. The lowest BCUT2D eigenvalue weighted by Crippen LogP contribution is -2.40. The van der Waals surface area contributed by atoms with Gasteiger partial charge in [0, 0.05) is 17.4 Å². The lowest BCUT2D eigenvalue weighted by atomic mass is 9.74. The number of rotatable bonds is 4. The number of carbonyl (C=O) groups is 3. The Hall–Kier alpha value is -2.36. The normalized spacial score (nSPS) is 39.5. The predicted molar refractivity (Wildman–Crippen MR) is 74.3 cm³/mol. The van der Waals surface area contributed by atoms with Gasteiger partial charge in [-0.05, 0) is 19.3 Å². The van der Waals surface area contributed by atoms with E-state index in [1.54, 1.807) is 0 Å². The third kappa shape index (κ3) is 2.05. The van der Waals surface area contributed by atoms with Crippen molar-refractivity contribution in [1.82, 2.24) is 0 Å². The van der Waals surface area contributed by atoms with E-state index < -0.39 is 42.1 Å². The van der Waals surface area contributed by atoms with Gasteiger partial charge in [0.15, 0.2) is 12.0 Å². The molecule has 0 spiro atoms. The molecule has 3 aliphatic rings. The summed E-state index contributed by atoms with van der Waals surface area (Å²) in [4.78, 5) is 35.2. The first-order valence-electron chi connectivity index (χ1n) is 7.46.